The fourth-order valence-corrected chi connectivity index (χ4v) is 4.30. The Labute approximate surface area is 193 Å². The van der Waals surface area contributed by atoms with Crippen LogP contribution < -0.4 is 10.3 Å². The van der Waals surface area contributed by atoms with Gasteiger partial charge in [-0.3, -0.25) is 23.7 Å². The number of hydrogen-bond donors (Lipinski definition) is 1. The van der Waals surface area contributed by atoms with Crippen LogP contribution in [0.3, 0.4) is 0 Å². The molecule has 156 valence electrons. The quantitative estimate of drug-likeness (QED) is 0.405. The molecule has 1 aliphatic heterocycles. The van der Waals surface area contributed by atoms with Crippen LogP contribution in [0.5, 0.6) is 11.6 Å². The molecule has 31 heavy (non-hydrogen) atoms. The first-order chi connectivity index (χ1) is 14.8. The number of amides is 1. The van der Waals surface area contributed by atoms with Crippen molar-refractivity contribution in [1.29, 1.82) is 0 Å². The number of rotatable bonds is 5. The molecule has 0 bridgehead atoms. The fraction of sp³-hybridized carbons (Fsp3) is 0.0500. The summed E-state index contributed by atoms with van der Waals surface area (Å²) >= 11 is 9.39. The van der Waals surface area contributed by atoms with Crippen molar-refractivity contribution in [2.24, 2.45) is 0 Å². The fourth-order valence-electron chi connectivity index (χ4n) is 2.80. The number of aromatic nitrogens is 2. The van der Waals surface area contributed by atoms with Crippen molar-refractivity contribution < 1.29 is 19.4 Å². The Balaban J connectivity index is 1.83. The Morgan fingerprint density at radius 1 is 1.23 bits per heavy atom. The molecule has 1 aliphatic rings. The molecule has 11 heteroatoms. The lowest BCUT2D eigenvalue weighted by Gasteiger charge is -2.11. The second-order valence-electron chi connectivity index (χ2n) is 6.28. The van der Waals surface area contributed by atoms with E-state index >= 15 is 0 Å². The molecule has 1 fully saturated rings. The van der Waals surface area contributed by atoms with Crippen LogP contribution in [0, 0.1) is 0 Å². The zero-order valence-corrected chi connectivity index (χ0v) is 18.7. The lowest BCUT2D eigenvalue weighted by molar-refractivity contribution is -0.140. The lowest BCUT2D eigenvalue weighted by atomic mass is 10.2. The number of carboxylic acids is 1. The summed E-state index contributed by atoms with van der Waals surface area (Å²) in [5.41, 5.74) is -0.0288. The maximum atomic E-state index is 13.2. The summed E-state index contributed by atoms with van der Waals surface area (Å²) in [5.74, 6) is -1.32. The average Bonchev–Trinajstić information content (AvgIpc) is 2.99. The molecule has 0 atom stereocenters. The highest BCUT2D eigenvalue weighted by atomic mass is 79.9. The number of halogens is 1. The van der Waals surface area contributed by atoms with Gasteiger partial charge in [0, 0.05) is 10.7 Å². The van der Waals surface area contributed by atoms with Crippen LogP contribution in [0.2, 0.25) is 0 Å². The molecule has 0 spiro atoms. The summed E-state index contributed by atoms with van der Waals surface area (Å²) in [6.07, 6.45) is 2.89. The van der Waals surface area contributed by atoms with Gasteiger partial charge in [-0.1, -0.05) is 46.0 Å². The largest absolute Gasteiger partial charge is 0.480 e. The van der Waals surface area contributed by atoms with E-state index in [0.717, 1.165) is 21.1 Å². The number of thiocarbonyl (C=S) groups is 1. The zero-order chi connectivity index (χ0) is 22.1. The van der Waals surface area contributed by atoms with E-state index in [1.54, 1.807) is 48.7 Å². The van der Waals surface area contributed by atoms with Crippen LogP contribution in [-0.4, -0.2) is 42.1 Å². The highest BCUT2D eigenvalue weighted by molar-refractivity contribution is 9.10. The number of fused-ring (bicyclic) bond motifs is 1. The number of carbonyl (C=O) groups is 2. The minimum absolute atomic E-state index is 0.0158. The molecule has 3 heterocycles. The summed E-state index contributed by atoms with van der Waals surface area (Å²) in [5, 5.41) is 9.01. The normalized spacial score (nSPS) is 15.1. The third-order valence-corrected chi connectivity index (χ3v) is 6.11. The first-order valence-corrected chi connectivity index (χ1v) is 10.8. The molecule has 8 nitrogen and oxygen atoms in total. The summed E-state index contributed by atoms with van der Waals surface area (Å²) < 4.78 is 8.15. The van der Waals surface area contributed by atoms with Crippen molar-refractivity contribution in [3.63, 3.8) is 0 Å². The smallest absolute Gasteiger partial charge is 0.323 e. The first kappa shape index (κ1) is 21.2. The number of aliphatic carboxylic acids is 1. The lowest BCUT2D eigenvalue weighted by Crippen LogP contribution is -2.33. The Morgan fingerprint density at radius 3 is 2.68 bits per heavy atom. The third-order valence-electron chi connectivity index (χ3n) is 4.20. The average molecular weight is 518 g/mol. The Kier molecular flexibility index (Phi) is 5.90. The molecule has 1 aromatic carbocycles. The van der Waals surface area contributed by atoms with Crippen molar-refractivity contribution >= 4 is 67.8 Å². The molecular weight excluding hydrogens is 506 g/mol. The molecule has 4 rings (SSSR count). The van der Waals surface area contributed by atoms with Crippen LogP contribution in [-0.2, 0) is 9.59 Å². The number of hydrogen-bond acceptors (Lipinski definition) is 7. The molecule has 1 N–H and O–H groups in total. The van der Waals surface area contributed by atoms with E-state index in [2.05, 4.69) is 20.9 Å². The monoisotopic (exact) mass is 517 g/mol. The van der Waals surface area contributed by atoms with Gasteiger partial charge in [-0.2, -0.15) is 4.98 Å². The second kappa shape index (κ2) is 8.61. The molecular formula is C20H12BrN3O5S2. The number of thioether (sulfide) groups is 1. The van der Waals surface area contributed by atoms with Gasteiger partial charge in [-0.25, -0.2) is 0 Å². The molecule has 1 saturated heterocycles. The van der Waals surface area contributed by atoms with Crippen LogP contribution in [0.15, 0.2) is 62.8 Å². The van der Waals surface area contributed by atoms with Gasteiger partial charge in [0.25, 0.3) is 11.5 Å². The van der Waals surface area contributed by atoms with E-state index in [1.807, 2.05) is 0 Å². The first-order valence-electron chi connectivity index (χ1n) is 8.75. The van der Waals surface area contributed by atoms with E-state index < -0.39 is 24.0 Å². The Hall–Kier alpha value is -3.02. The topological polar surface area (TPSA) is 101 Å². The maximum Gasteiger partial charge on any atom is 0.323 e. The van der Waals surface area contributed by atoms with Gasteiger partial charge in [0.2, 0.25) is 5.88 Å². The molecule has 3 aromatic rings. The van der Waals surface area contributed by atoms with Crippen molar-refractivity contribution in [1.82, 2.24) is 14.3 Å². The van der Waals surface area contributed by atoms with E-state index in [1.165, 1.54) is 10.5 Å². The number of carbonyl (C=O) groups excluding carboxylic acids is 1. The second-order valence-corrected chi connectivity index (χ2v) is 8.87. The zero-order valence-electron chi connectivity index (χ0n) is 15.5. The van der Waals surface area contributed by atoms with E-state index in [-0.39, 0.29) is 20.7 Å². The van der Waals surface area contributed by atoms with Crippen molar-refractivity contribution in [3.8, 4) is 11.6 Å². The predicted molar refractivity (Wildman–Crippen MR) is 123 cm³/mol. The van der Waals surface area contributed by atoms with Gasteiger partial charge in [0.05, 0.1) is 4.91 Å². The number of benzene rings is 1. The van der Waals surface area contributed by atoms with Crippen molar-refractivity contribution in [2.45, 2.75) is 0 Å². The van der Waals surface area contributed by atoms with Crippen LogP contribution in [0.1, 0.15) is 5.56 Å². The Morgan fingerprint density at radius 2 is 1.97 bits per heavy atom. The Bertz CT molecular complexity index is 1320. The summed E-state index contributed by atoms with van der Waals surface area (Å²) in [6, 6.07) is 12.0. The van der Waals surface area contributed by atoms with E-state index in [4.69, 9.17) is 22.1 Å². The van der Waals surface area contributed by atoms with E-state index in [0.29, 0.717) is 11.4 Å². The van der Waals surface area contributed by atoms with Gasteiger partial charge in [-0.05, 0) is 42.5 Å². The summed E-state index contributed by atoms with van der Waals surface area (Å²) in [7, 11) is 0. The van der Waals surface area contributed by atoms with Gasteiger partial charge in [-0.15, -0.1) is 0 Å². The molecule has 0 unspecified atom stereocenters. The van der Waals surface area contributed by atoms with Gasteiger partial charge in [0.15, 0.2) is 0 Å². The minimum atomic E-state index is -1.19. The summed E-state index contributed by atoms with van der Waals surface area (Å²) in [4.78, 5) is 42.3. The van der Waals surface area contributed by atoms with Gasteiger partial charge >= 0.3 is 5.97 Å². The number of nitrogens with zero attached hydrogens (tertiary/aromatic N) is 3. The molecule has 2 aromatic heterocycles. The highest BCUT2D eigenvalue weighted by Crippen LogP contribution is 2.34. The van der Waals surface area contributed by atoms with Gasteiger partial charge < -0.3 is 9.84 Å². The molecule has 0 saturated carbocycles. The SMILES string of the molecule is O=C(O)CN1C(=O)/C(=C/c2c(Oc3ccc(Br)cc3)nc3ccccn3c2=O)SC1=S. The number of ether oxygens (including phenoxy) is 1. The van der Waals surface area contributed by atoms with E-state index in [9.17, 15) is 14.4 Å². The maximum absolute atomic E-state index is 13.2. The standard InChI is InChI=1S/C20H12BrN3O5S2/c21-11-4-6-12(7-5-11)29-17-13(18(27)23-8-2-1-3-15(23)22-17)9-14-19(28)24(10-16(25)26)20(30)31-14/h1-9H,10H2,(H,25,26)/b14-9-. The third kappa shape index (κ3) is 4.38. The molecule has 0 aliphatic carbocycles. The van der Waals surface area contributed by atoms with Gasteiger partial charge in [0.1, 0.15) is 27.8 Å². The predicted octanol–water partition coefficient (Wildman–Crippen LogP) is 3.54. The van der Waals surface area contributed by atoms with Crippen LogP contribution in [0.25, 0.3) is 11.7 Å². The van der Waals surface area contributed by atoms with Crippen LogP contribution in [0.4, 0.5) is 0 Å². The number of pyridine rings is 1. The van der Waals surface area contributed by atoms with Crippen LogP contribution >= 0.6 is 39.9 Å². The minimum Gasteiger partial charge on any atom is -0.480 e. The molecule has 1 amide bonds. The number of carboxylic acid groups (broad SMARTS) is 1. The molecule has 0 radical (unpaired) electrons. The van der Waals surface area contributed by atoms with Crippen molar-refractivity contribution in [2.75, 3.05) is 6.54 Å². The summed E-state index contributed by atoms with van der Waals surface area (Å²) in [6.45, 7) is -0.556. The van der Waals surface area contributed by atoms with Crippen molar-refractivity contribution in [3.05, 3.63) is 74.0 Å². The highest BCUT2D eigenvalue weighted by Gasteiger charge is 2.34.